The summed E-state index contributed by atoms with van der Waals surface area (Å²) in [6.07, 6.45) is 0. The summed E-state index contributed by atoms with van der Waals surface area (Å²) in [5, 5.41) is 7.79. The van der Waals surface area contributed by atoms with Crippen molar-refractivity contribution < 1.29 is 0 Å². The van der Waals surface area contributed by atoms with Gasteiger partial charge < -0.3 is 10.6 Å². The van der Waals surface area contributed by atoms with Gasteiger partial charge in [0, 0.05) is 6.54 Å². The summed E-state index contributed by atoms with van der Waals surface area (Å²) in [5.74, 6) is 0. The highest BCUT2D eigenvalue weighted by Gasteiger charge is 2.09. The van der Waals surface area contributed by atoms with Crippen LogP contribution >= 0.6 is 35.4 Å². The molecular weight excluding hydrogens is 311 g/mol. The third kappa shape index (κ3) is 3.85. The smallest absolute Gasteiger partial charge is 0.171 e. The van der Waals surface area contributed by atoms with Crippen LogP contribution in [0.3, 0.4) is 0 Å². The molecule has 0 aromatic heterocycles. The van der Waals surface area contributed by atoms with E-state index in [1.165, 1.54) is 0 Å². The number of thiocarbonyl (C=S) groups is 1. The first-order chi connectivity index (χ1) is 9.58. The third-order valence-corrected chi connectivity index (χ3v) is 3.87. The average Bonchev–Trinajstić information content (AvgIpc) is 2.46. The Kier molecular flexibility index (Phi) is 5.24. The van der Waals surface area contributed by atoms with Crippen LogP contribution in [0.1, 0.15) is 11.1 Å². The van der Waals surface area contributed by atoms with Gasteiger partial charge in [-0.15, -0.1) is 0 Å². The maximum atomic E-state index is 6.23. The summed E-state index contributed by atoms with van der Waals surface area (Å²) in [6.45, 7) is 2.57. The van der Waals surface area contributed by atoms with E-state index in [4.69, 9.17) is 35.4 Å². The van der Waals surface area contributed by atoms with Crippen molar-refractivity contribution in [1.82, 2.24) is 5.32 Å². The van der Waals surface area contributed by atoms with Crippen LogP contribution in [0, 0.1) is 6.92 Å². The summed E-state index contributed by atoms with van der Waals surface area (Å²) in [4.78, 5) is 0. The second-order valence-electron chi connectivity index (χ2n) is 4.35. The molecule has 0 bridgehead atoms. The number of nitrogens with one attached hydrogen (secondary N) is 2. The number of hydrogen-bond donors (Lipinski definition) is 2. The molecule has 5 heteroatoms. The van der Waals surface area contributed by atoms with Crippen molar-refractivity contribution in [2.24, 2.45) is 0 Å². The fourth-order valence-corrected chi connectivity index (χ4v) is 2.35. The Balaban J connectivity index is 2.00. The first kappa shape index (κ1) is 15.1. The van der Waals surface area contributed by atoms with Gasteiger partial charge in [-0.1, -0.05) is 59.6 Å². The molecule has 2 nitrogen and oxygen atoms in total. The molecule has 0 radical (unpaired) electrons. The van der Waals surface area contributed by atoms with E-state index in [1.54, 1.807) is 6.07 Å². The summed E-state index contributed by atoms with van der Waals surface area (Å²) in [7, 11) is 0. The van der Waals surface area contributed by atoms with E-state index < -0.39 is 0 Å². The second-order valence-corrected chi connectivity index (χ2v) is 5.54. The molecule has 0 amide bonds. The number of rotatable bonds is 3. The van der Waals surface area contributed by atoms with E-state index >= 15 is 0 Å². The Morgan fingerprint density at radius 3 is 2.50 bits per heavy atom. The lowest BCUT2D eigenvalue weighted by Crippen LogP contribution is -2.28. The van der Waals surface area contributed by atoms with Crippen LogP contribution in [0.25, 0.3) is 0 Å². The zero-order chi connectivity index (χ0) is 14.5. The molecule has 0 heterocycles. The molecule has 2 N–H and O–H groups in total. The summed E-state index contributed by atoms with van der Waals surface area (Å²) < 4.78 is 0. The average molecular weight is 325 g/mol. The summed E-state index contributed by atoms with van der Waals surface area (Å²) in [6, 6.07) is 13.7. The summed E-state index contributed by atoms with van der Waals surface area (Å²) >= 11 is 17.6. The third-order valence-electron chi connectivity index (χ3n) is 2.82. The number of halogens is 2. The number of benzene rings is 2. The van der Waals surface area contributed by atoms with E-state index in [1.807, 2.05) is 43.3 Å². The molecule has 0 spiro atoms. The minimum atomic E-state index is 0.489. The normalized spacial score (nSPS) is 10.2. The van der Waals surface area contributed by atoms with Crippen LogP contribution < -0.4 is 10.6 Å². The highest BCUT2D eigenvalue weighted by Crippen LogP contribution is 2.32. The van der Waals surface area contributed by atoms with Gasteiger partial charge in [0.25, 0.3) is 0 Å². The lowest BCUT2D eigenvalue weighted by Gasteiger charge is -2.14. The van der Waals surface area contributed by atoms with Crippen molar-refractivity contribution in [1.29, 1.82) is 0 Å². The predicted octanol–water partition coefficient (Wildman–Crippen LogP) is 4.79. The molecule has 20 heavy (non-hydrogen) atoms. The van der Waals surface area contributed by atoms with Gasteiger partial charge in [0.05, 0.1) is 15.7 Å². The Morgan fingerprint density at radius 1 is 1.10 bits per heavy atom. The highest BCUT2D eigenvalue weighted by molar-refractivity contribution is 7.80. The van der Waals surface area contributed by atoms with E-state index in [9.17, 15) is 0 Å². The number of aryl methyl sites for hydroxylation is 1. The maximum Gasteiger partial charge on any atom is 0.171 e. The van der Waals surface area contributed by atoms with Crippen LogP contribution in [0.2, 0.25) is 10.0 Å². The molecule has 0 atom stereocenters. The SMILES string of the molecule is Cc1ccc(Cl)c(NC(=S)NCc2ccccc2)c1Cl. The van der Waals surface area contributed by atoms with Gasteiger partial charge in [0.1, 0.15) is 0 Å². The molecule has 2 aromatic rings. The maximum absolute atomic E-state index is 6.23. The molecule has 0 saturated heterocycles. The molecule has 0 aliphatic heterocycles. The minimum absolute atomic E-state index is 0.489. The largest absolute Gasteiger partial charge is 0.358 e. The van der Waals surface area contributed by atoms with Crippen molar-refractivity contribution in [3.63, 3.8) is 0 Å². The van der Waals surface area contributed by atoms with Crippen LogP contribution in [0.5, 0.6) is 0 Å². The van der Waals surface area contributed by atoms with Crippen molar-refractivity contribution in [3.05, 3.63) is 63.6 Å². The molecule has 0 fully saturated rings. The first-order valence-corrected chi connectivity index (χ1v) is 7.27. The van der Waals surface area contributed by atoms with Gasteiger partial charge in [-0.2, -0.15) is 0 Å². The molecule has 2 rings (SSSR count). The lowest BCUT2D eigenvalue weighted by atomic mass is 10.2. The van der Waals surface area contributed by atoms with Crippen molar-refractivity contribution in [3.8, 4) is 0 Å². The van der Waals surface area contributed by atoms with Crippen molar-refractivity contribution >= 4 is 46.2 Å². The van der Waals surface area contributed by atoms with Gasteiger partial charge in [-0.25, -0.2) is 0 Å². The summed E-state index contributed by atoms with van der Waals surface area (Å²) in [5.41, 5.74) is 2.74. The molecule has 104 valence electrons. The molecular formula is C15H14Cl2N2S. The zero-order valence-corrected chi connectivity index (χ0v) is 13.2. The topological polar surface area (TPSA) is 24.1 Å². The Bertz CT molecular complexity index is 615. The molecule has 0 unspecified atom stereocenters. The Hall–Kier alpha value is -1.29. The quantitative estimate of drug-likeness (QED) is 0.794. The predicted molar refractivity (Wildman–Crippen MR) is 90.7 cm³/mol. The van der Waals surface area contributed by atoms with Gasteiger partial charge in [-0.05, 0) is 36.3 Å². The van der Waals surface area contributed by atoms with Crippen molar-refractivity contribution in [2.75, 3.05) is 5.32 Å². The molecule has 0 aliphatic rings. The fraction of sp³-hybridized carbons (Fsp3) is 0.133. The highest BCUT2D eigenvalue weighted by atomic mass is 35.5. The van der Waals surface area contributed by atoms with Gasteiger partial charge in [-0.3, -0.25) is 0 Å². The van der Waals surface area contributed by atoms with Crippen LogP contribution in [-0.4, -0.2) is 5.11 Å². The molecule has 0 saturated carbocycles. The number of hydrogen-bond acceptors (Lipinski definition) is 1. The van der Waals surface area contributed by atoms with Crippen LogP contribution in [-0.2, 0) is 6.54 Å². The minimum Gasteiger partial charge on any atom is -0.358 e. The monoisotopic (exact) mass is 324 g/mol. The second kappa shape index (κ2) is 6.93. The Morgan fingerprint density at radius 2 is 1.80 bits per heavy atom. The van der Waals surface area contributed by atoms with E-state index in [0.29, 0.717) is 27.4 Å². The zero-order valence-electron chi connectivity index (χ0n) is 10.9. The molecule has 2 aromatic carbocycles. The van der Waals surface area contributed by atoms with Crippen LogP contribution in [0.15, 0.2) is 42.5 Å². The molecule has 0 aliphatic carbocycles. The van der Waals surface area contributed by atoms with Crippen molar-refractivity contribution in [2.45, 2.75) is 13.5 Å². The van der Waals surface area contributed by atoms with E-state index in [-0.39, 0.29) is 0 Å². The van der Waals surface area contributed by atoms with Gasteiger partial charge in [0.15, 0.2) is 5.11 Å². The standard InChI is InChI=1S/C15H14Cl2N2S/c1-10-7-8-12(16)14(13(10)17)19-15(20)18-9-11-5-3-2-4-6-11/h2-8H,9H2,1H3,(H2,18,19,20). The van der Waals surface area contributed by atoms with Gasteiger partial charge in [0.2, 0.25) is 0 Å². The first-order valence-electron chi connectivity index (χ1n) is 6.11. The van der Waals surface area contributed by atoms with Crippen LogP contribution in [0.4, 0.5) is 5.69 Å². The van der Waals surface area contributed by atoms with E-state index in [2.05, 4.69) is 10.6 Å². The van der Waals surface area contributed by atoms with Gasteiger partial charge >= 0.3 is 0 Å². The fourth-order valence-electron chi connectivity index (χ4n) is 1.71. The lowest BCUT2D eigenvalue weighted by molar-refractivity contribution is 0.926. The number of anilines is 1. The Labute approximate surface area is 134 Å². The van der Waals surface area contributed by atoms with E-state index in [0.717, 1.165) is 11.1 Å².